The third-order valence-electron chi connectivity index (χ3n) is 4.45. The van der Waals surface area contributed by atoms with Gasteiger partial charge in [-0.05, 0) is 38.5 Å². The third kappa shape index (κ3) is 20.2. The van der Waals surface area contributed by atoms with Crippen molar-refractivity contribution in [2.45, 2.75) is 83.0 Å². The molecule has 0 rings (SSSR count). The molecule has 0 aliphatic carbocycles. The second-order valence-electron chi connectivity index (χ2n) is 7.45. The number of allylic oxidation sites excluding steroid dienone is 6. The van der Waals surface area contributed by atoms with E-state index in [1.54, 1.807) is 0 Å². The van der Waals surface area contributed by atoms with Gasteiger partial charge in [0.05, 0.1) is 32.3 Å². The Bertz CT molecular complexity index is 502. The molecular weight excluding hydrogens is 400 g/mol. The van der Waals surface area contributed by atoms with Crippen molar-refractivity contribution in [3.8, 4) is 0 Å². The highest BCUT2D eigenvalue weighted by molar-refractivity contribution is 5.69. The minimum Gasteiger partial charge on any atom is -0.463 e. The first-order chi connectivity index (χ1) is 15.0. The van der Waals surface area contributed by atoms with E-state index in [0.717, 1.165) is 44.9 Å². The fourth-order valence-corrected chi connectivity index (χ4v) is 2.67. The Morgan fingerprint density at radius 3 is 2.10 bits per heavy atom. The number of aliphatic hydroxyl groups excluding tert-OH is 4. The summed E-state index contributed by atoms with van der Waals surface area (Å²) >= 11 is 0. The molecule has 0 spiro atoms. The number of hydrogen-bond donors (Lipinski definition) is 4. The zero-order valence-corrected chi connectivity index (χ0v) is 18.9. The number of ether oxygens (including phenoxy) is 2. The summed E-state index contributed by atoms with van der Waals surface area (Å²) in [6, 6.07) is 0. The first-order valence-corrected chi connectivity index (χ1v) is 11.3. The molecule has 0 aliphatic heterocycles. The minimum absolute atomic E-state index is 0.00399. The molecule has 0 amide bonds. The van der Waals surface area contributed by atoms with E-state index in [-0.39, 0.29) is 19.6 Å². The summed E-state index contributed by atoms with van der Waals surface area (Å²) in [7, 11) is 0. The Morgan fingerprint density at radius 1 is 0.839 bits per heavy atom. The molecule has 31 heavy (non-hydrogen) atoms. The molecule has 0 saturated carbocycles. The molecule has 3 atom stereocenters. The molecule has 0 aromatic carbocycles. The highest BCUT2D eigenvalue weighted by atomic mass is 16.5. The van der Waals surface area contributed by atoms with Gasteiger partial charge in [0, 0.05) is 0 Å². The Balaban J connectivity index is 4.07. The van der Waals surface area contributed by atoms with Crippen molar-refractivity contribution in [3.05, 3.63) is 36.5 Å². The van der Waals surface area contributed by atoms with E-state index in [0.29, 0.717) is 6.42 Å². The van der Waals surface area contributed by atoms with Crippen LogP contribution in [0.3, 0.4) is 0 Å². The standard InChI is InChI=1S/C24H42O7/c1-2-3-4-5-6-7-8-9-10-11-12-13-14-15-23(30-19-21(27)17-25)16-24(29)31-20-22(28)18-26/h3-4,6-7,9-10,21-23,25-28H,2,5,8,11-20H2,1H3/b4-3-,7-6-,10-9-. The van der Waals surface area contributed by atoms with Gasteiger partial charge in [-0.1, -0.05) is 56.2 Å². The first kappa shape index (κ1) is 29.5. The van der Waals surface area contributed by atoms with Gasteiger partial charge in [-0.15, -0.1) is 0 Å². The maximum absolute atomic E-state index is 11.9. The Labute approximate surface area is 187 Å². The molecule has 0 fully saturated rings. The zero-order chi connectivity index (χ0) is 23.2. The zero-order valence-electron chi connectivity index (χ0n) is 18.9. The van der Waals surface area contributed by atoms with Gasteiger partial charge in [0.1, 0.15) is 18.8 Å². The smallest absolute Gasteiger partial charge is 0.308 e. The molecule has 0 aliphatic rings. The monoisotopic (exact) mass is 442 g/mol. The summed E-state index contributed by atoms with van der Waals surface area (Å²) in [4.78, 5) is 11.9. The van der Waals surface area contributed by atoms with Crippen LogP contribution in [0.25, 0.3) is 0 Å². The maximum atomic E-state index is 11.9. The lowest BCUT2D eigenvalue weighted by molar-refractivity contribution is -0.151. The largest absolute Gasteiger partial charge is 0.463 e. The predicted octanol–water partition coefficient (Wildman–Crippen LogP) is 2.82. The van der Waals surface area contributed by atoms with E-state index in [4.69, 9.17) is 19.7 Å². The normalized spacial score (nSPS) is 15.1. The number of carbonyl (C=O) groups is 1. The molecule has 0 radical (unpaired) electrons. The number of rotatable bonds is 20. The van der Waals surface area contributed by atoms with Crippen LogP contribution in [0.4, 0.5) is 0 Å². The van der Waals surface area contributed by atoms with Crippen LogP contribution in [-0.2, 0) is 14.3 Å². The first-order valence-electron chi connectivity index (χ1n) is 11.3. The highest BCUT2D eigenvalue weighted by Crippen LogP contribution is 2.13. The number of unbranched alkanes of at least 4 members (excludes halogenated alkanes) is 3. The minimum atomic E-state index is -1.10. The Morgan fingerprint density at radius 2 is 1.45 bits per heavy atom. The van der Waals surface area contributed by atoms with Crippen molar-refractivity contribution in [2.75, 3.05) is 26.4 Å². The van der Waals surface area contributed by atoms with Crippen molar-refractivity contribution in [3.63, 3.8) is 0 Å². The second-order valence-corrected chi connectivity index (χ2v) is 7.45. The summed E-state index contributed by atoms with van der Waals surface area (Å²) in [5.41, 5.74) is 0. The quantitative estimate of drug-likeness (QED) is 0.130. The molecule has 4 N–H and O–H groups in total. The van der Waals surface area contributed by atoms with Gasteiger partial charge in [-0.2, -0.15) is 0 Å². The topological polar surface area (TPSA) is 116 Å². The number of carbonyl (C=O) groups excluding carboxylic acids is 1. The van der Waals surface area contributed by atoms with Gasteiger partial charge in [-0.3, -0.25) is 4.79 Å². The maximum Gasteiger partial charge on any atom is 0.308 e. The van der Waals surface area contributed by atoms with E-state index >= 15 is 0 Å². The van der Waals surface area contributed by atoms with Crippen molar-refractivity contribution in [1.82, 2.24) is 0 Å². The molecule has 0 aromatic rings. The SMILES string of the molecule is CC/C=C\C/C=C\C/C=C\CCCCCC(CC(=O)OCC(O)CO)OCC(O)CO. The van der Waals surface area contributed by atoms with E-state index < -0.39 is 37.5 Å². The molecule has 3 unspecified atom stereocenters. The predicted molar refractivity (Wildman–Crippen MR) is 122 cm³/mol. The lowest BCUT2D eigenvalue weighted by atomic mass is 10.1. The summed E-state index contributed by atoms with van der Waals surface area (Å²) in [6.45, 7) is 0.920. The van der Waals surface area contributed by atoms with Crippen molar-refractivity contribution < 1.29 is 34.7 Å². The molecule has 7 heteroatoms. The van der Waals surface area contributed by atoms with Crippen LogP contribution in [-0.4, -0.2) is 71.1 Å². The van der Waals surface area contributed by atoms with Crippen LogP contribution in [0.1, 0.15) is 64.7 Å². The van der Waals surface area contributed by atoms with Crippen LogP contribution in [0, 0.1) is 0 Å². The number of hydrogen-bond acceptors (Lipinski definition) is 7. The summed E-state index contributed by atoms with van der Waals surface area (Å²) in [6.07, 6.45) is 18.0. The molecule has 0 aromatic heterocycles. The van der Waals surface area contributed by atoms with E-state index in [9.17, 15) is 15.0 Å². The number of aliphatic hydroxyl groups is 4. The molecular formula is C24H42O7. The van der Waals surface area contributed by atoms with Gasteiger partial charge >= 0.3 is 5.97 Å². The average Bonchev–Trinajstić information content (AvgIpc) is 2.78. The van der Waals surface area contributed by atoms with Crippen LogP contribution < -0.4 is 0 Å². The van der Waals surface area contributed by atoms with E-state index in [1.807, 2.05) is 0 Å². The van der Waals surface area contributed by atoms with Gasteiger partial charge in [-0.25, -0.2) is 0 Å². The average molecular weight is 443 g/mol. The molecule has 0 saturated heterocycles. The van der Waals surface area contributed by atoms with Crippen molar-refractivity contribution in [2.24, 2.45) is 0 Å². The van der Waals surface area contributed by atoms with Crippen LogP contribution in [0.5, 0.6) is 0 Å². The molecule has 0 heterocycles. The Kier molecular flexibility index (Phi) is 20.7. The van der Waals surface area contributed by atoms with Crippen LogP contribution in [0.2, 0.25) is 0 Å². The van der Waals surface area contributed by atoms with E-state index in [2.05, 4.69) is 43.4 Å². The molecule has 7 nitrogen and oxygen atoms in total. The summed E-state index contributed by atoms with van der Waals surface area (Å²) < 4.78 is 10.5. The van der Waals surface area contributed by atoms with Crippen LogP contribution in [0.15, 0.2) is 36.5 Å². The van der Waals surface area contributed by atoms with E-state index in [1.165, 1.54) is 0 Å². The lowest BCUT2D eigenvalue weighted by Crippen LogP contribution is -2.28. The summed E-state index contributed by atoms with van der Waals surface area (Å²) in [5.74, 6) is -0.530. The van der Waals surface area contributed by atoms with Crippen molar-refractivity contribution >= 4 is 5.97 Å². The van der Waals surface area contributed by atoms with Crippen molar-refractivity contribution in [1.29, 1.82) is 0 Å². The fraction of sp³-hybridized carbons (Fsp3) is 0.708. The highest BCUT2D eigenvalue weighted by Gasteiger charge is 2.18. The second kappa shape index (κ2) is 21.7. The fourth-order valence-electron chi connectivity index (χ4n) is 2.67. The van der Waals surface area contributed by atoms with Gasteiger partial charge in [0.2, 0.25) is 0 Å². The van der Waals surface area contributed by atoms with Gasteiger partial charge in [0.15, 0.2) is 0 Å². The lowest BCUT2D eigenvalue weighted by Gasteiger charge is -2.19. The number of esters is 1. The molecule has 180 valence electrons. The van der Waals surface area contributed by atoms with Gasteiger partial charge in [0.25, 0.3) is 0 Å². The summed E-state index contributed by atoms with van der Waals surface area (Å²) in [5, 5.41) is 36.4. The Hall–Kier alpha value is -1.51. The van der Waals surface area contributed by atoms with Gasteiger partial charge < -0.3 is 29.9 Å². The van der Waals surface area contributed by atoms with Crippen LogP contribution >= 0.6 is 0 Å². The third-order valence-corrected chi connectivity index (χ3v) is 4.45. The molecule has 0 bridgehead atoms.